The summed E-state index contributed by atoms with van der Waals surface area (Å²) in [7, 11) is 0. The van der Waals surface area contributed by atoms with Gasteiger partial charge < -0.3 is 0 Å². The normalized spacial score (nSPS) is 16.2. The van der Waals surface area contributed by atoms with E-state index in [0.717, 1.165) is 38.3 Å². The largest absolute Gasteiger partial charge is 0.299 e. The van der Waals surface area contributed by atoms with Gasteiger partial charge >= 0.3 is 0 Å². The molecule has 5 nitrogen and oxygen atoms in total. The zero-order chi connectivity index (χ0) is 17.1. The lowest BCUT2D eigenvalue weighted by Gasteiger charge is -2.30. The molecule has 0 bridgehead atoms. The van der Waals surface area contributed by atoms with Crippen LogP contribution in [0.1, 0.15) is 30.1 Å². The molecule has 0 atom stereocenters. The summed E-state index contributed by atoms with van der Waals surface area (Å²) in [6.45, 7) is 3.16. The van der Waals surface area contributed by atoms with Crippen LogP contribution in [0, 0.1) is 0 Å². The quantitative estimate of drug-likeness (QED) is 0.723. The first kappa shape index (κ1) is 16.2. The van der Waals surface area contributed by atoms with Crippen molar-refractivity contribution in [2.24, 2.45) is 0 Å². The molecule has 1 aliphatic heterocycles. The number of pyridine rings is 1. The van der Waals surface area contributed by atoms with E-state index in [2.05, 4.69) is 55.4 Å². The van der Waals surface area contributed by atoms with Crippen molar-refractivity contribution < 1.29 is 0 Å². The summed E-state index contributed by atoms with van der Waals surface area (Å²) in [5, 5.41) is 7.87. The predicted octanol–water partition coefficient (Wildman–Crippen LogP) is 3.90. The van der Waals surface area contributed by atoms with E-state index < -0.39 is 0 Å². The fourth-order valence-electron chi connectivity index (χ4n) is 3.31. The Labute approximate surface area is 152 Å². The molecule has 0 radical (unpaired) electrons. The van der Waals surface area contributed by atoms with Crippen molar-refractivity contribution in [3.05, 3.63) is 65.1 Å². The monoisotopic (exact) mass is 353 g/mol. The summed E-state index contributed by atoms with van der Waals surface area (Å²) >= 11 is 5.95. The van der Waals surface area contributed by atoms with Crippen LogP contribution in [-0.2, 0) is 6.54 Å². The standard InChI is InChI=1S/C19H20ClN5/c20-17-8-4-7-16(21-17)19-22-18(23-24-19)15-9-11-25(12-10-15)13-14-5-2-1-3-6-14/h1-8,15H,9-13H2,(H,22,23,24). The lowest BCUT2D eigenvalue weighted by atomic mass is 9.96. The van der Waals surface area contributed by atoms with Gasteiger partial charge in [0.1, 0.15) is 16.7 Å². The lowest BCUT2D eigenvalue weighted by Crippen LogP contribution is -2.32. The molecule has 0 saturated carbocycles. The second-order valence-corrected chi connectivity index (χ2v) is 6.81. The SMILES string of the molecule is Clc1cccc(-c2n[nH]c(C3CCN(Cc4ccccc4)CC3)n2)n1. The van der Waals surface area contributed by atoms with Crippen molar-refractivity contribution in [1.82, 2.24) is 25.1 Å². The maximum atomic E-state index is 5.95. The van der Waals surface area contributed by atoms with E-state index in [1.807, 2.05) is 12.1 Å². The van der Waals surface area contributed by atoms with Gasteiger partial charge in [-0.2, -0.15) is 5.10 Å². The Hall–Kier alpha value is -2.24. The van der Waals surface area contributed by atoms with E-state index in [0.29, 0.717) is 22.6 Å². The second-order valence-electron chi connectivity index (χ2n) is 6.43. The molecule has 6 heteroatoms. The Morgan fingerprint density at radius 2 is 1.80 bits per heavy atom. The summed E-state index contributed by atoms with van der Waals surface area (Å²) in [4.78, 5) is 11.4. The number of hydrogen-bond donors (Lipinski definition) is 1. The summed E-state index contributed by atoms with van der Waals surface area (Å²) in [6.07, 6.45) is 2.18. The molecule has 0 aliphatic carbocycles. The molecular weight excluding hydrogens is 334 g/mol. The Kier molecular flexibility index (Phi) is 4.76. The number of hydrogen-bond acceptors (Lipinski definition) is 4. The van der Waals surface area contributed by atoms with Crippen LogP contribution in [0.2, 0.25) is 5.15 Å². The molecule has 128 valence electrons. The van der Waals surface area contributed by atoms with Crippen LogP contribution in [0.5, 0.6) is 0 Å². The number of likely N-dealkylation sites (tertiary alicyclic amines) is 1. The van der Waals surface area contributed by atoms with Gasteiger partial charge in [0, 0.05) is 12.5 Å². The number of piperidine rings is 1. The van der Waals surface area contributed by atoms with Gasteiger partial charge in [-0.15, -0.1) is 0 Å². The number of nitrogens with one attached hydrogen (secondary N) is 1. The average Bonchev–Trinajstić information content (AvgIpc) is 3.13. The first-order valence-corrected chi connectivity index (χ1v) is 8.97. The van der Waals surface area contributed by atoms with Crippen molar-refractivity contribution in [1.29, 1.82) is 0 Å². The van der Waals surface area contributed by atoms with E-state index >= 15 is 0 Å². The van der Waals surface area contributed by atoms with Gasteiger partial charge in [0.25, 0.3) is 0 Å². The molecule has 1 N–H and O–H groups in total. The molecule has 3 aromatic rings. The average molecular weight is 354 g/mol. The molecule has 1 aliphatic rings. The molecule has 0 amide bonds. The maximum absolute atomic E-state index is 5.95. The molecular formula is C19H20ClN5. The molecule has 1 aromatic carbocycles. The summed E-state index contributed by atoms with van der Waals surface area (Å²) in [5.74, 6) is 1.99. The van der Waals surface area contributed by atoms with Crippen molar-refractivity contribution in [2.75, 3.05) is 13.1 Å². The topological polar surface area (TPSA) is 57.7 Å². The number of rotatable bonds is 4. The highest BCUT2D eigenvalue weighted by molar-refractivity contribution is 6.29. The van der Waals surface area contributed by atoms with Crippen molar-refractivity contribution in [3.8, 4) is 11.5 Å². The second kappa shape index (κ2) is 7.33. The smallest absolute Gasteiger partial charge is 0.199 e. The molecule has 1 fully saturated rings. The summed E-state index contributed by atoms with van der Waals surface area (Å²) < 4.78 is 0. The first-order chi connectivity index (χ1) is 12.3. The Morgan fingerprint density at radius 3 is 2.56 bits per heavy atom. The highest BCUT2D eigenvalue weighted by Gasteiger charge is 2.23. The molecule has 2 aromatic heterocycles. The van der Waals surface area contributed by atoms with Crippen LogP contribution >= 0.6 is 11.6 Å². The minimum absolute atomic E-state index is 0.424. The molecule has 1 saturated heterocycles. The van der Waals surface area contributed by atoms with Gasteiger partial charge in [0.2, 0.25) is 0 Å². The molecule has 4 rings (SSSR count). The molecule has 0 spiro atoms. The Balaban J connectivity index is 1.38. The van der Waals surface area contributed by atoms with Crippen LogP contribution in [-0.4, -0.2) is 38.2 Å². The number of aromatic amines is 1. The van der Waals surface area contributed by atoms with Crippen molar-refractivity contribution in [2.45, 2.75) is 25.3 Å². The summed E-state index contributed by atoms with van der Waals surface area (Å²) in [5.41, 5.74) is 2.08. The van der Waals surface area contributed by atoms with E-state index in [4.69, 9.17) is 11.6 Å². The maximum Gasteiger partial charge on any atom is 0.199 e. The van der Waals surface area contributed by atoms with Crippen LogP contribution in [0.4, 0.5) is 0 Å². The van der Waals surface area contributed by atoms with Gasteiger partial charge in [0.15, 0.2) is 5.82 Å². The fourth-order valence-corrected chi connectivity index (χ4v) is 3.47. The first-order valence-electron chi connectivity index (χ1n) is 8.59. The number of halogens is 1. The highest BCUT2D eigenvalue weighted by Crippen LogP contribution is 2.27. The Bertz CT molecular complexity index is 825. The van der Waals surface area contributed by atoms with Crippen LogP contribution in [0.3, 0.4) is 0 Å². The molecule has 0 unspecified atom stereocenters. The van der Waals surface area contributed by atoms with E-state index in [9.17, 15) is 0 Å². The number of benzene rings is 1. The molecule has 25 heavy (non-hydrogen) atoms. The van der Waals surface area contributed by atoms with Gasteiger partial charge in [-0.05, 0) is 43.6 Å². The minimum Gasteiger partial charge on any atom is -0.299 e. The molecule has 3 heterocycles. The lowest BCUT2D eigenvalue weighted by molar-refractivity contribution is 0.202. The van der Waals surface area contributed by atoms with Crippen LogP contribution in [0.25, 0.3) is 11.5 Å². The van der Waals surface area contributed by atoms with Gasteiger partial charge in [-0.3, -0.25) is 10.00 Å². The minimum atomic E-state index is 0.424. The highest BCUT2D eigenvalue weighted by atomic mass is 35.5. The van der Waals surface area contributed by atoms with Crippen molar-refractivity contribution >= 4 is 11.6 Å². The third-order valence-electron chi connectivity index (χ3n) is 4.67. The zero-order valence-electron chi connectivity index (χ0n) is 13.9. The van der Waals surface area contributed by atoms with Crippen LogP contribution < -0.4 is 0 Å². The van der Waals surface area contributed by atoms with Crippen LogP contribution in [0.15, 0.2) is 48.5 Å². The third-order valence-corrected chi connectivity index (χ3v) is 4.88. The summed E-state index contributed by atoms with van der Waals surface area (Å²) in [6, 6.07) is 16.1. The predicted molar refractivity (Wildman–Crippen MR) is 98.3 cm³/mol. The van der Waals surface area contributed by atoms with Gasteiger partial charge in [-0.1, -0.05) is 48.0 Å². The number of nitrogens with zero attached hydrogens (tertiary/aromatic N) is 4. The van der Waals surface area contributed by atoms with Gasteiger partial charge in [-0.25, -0.2) is 9.97 Å². The fraction of sp³-hybridized carbons (Fsp3) is 0.316. The van der Waals surface area contributed by atoms with Crippen molar-refractivity contribution in [3.63, 3.8) is 0 Å². The van der Waals surface area contributed by atoms with E-state index in [-0.39, 0.29) is 0 Å². The van der Waals surface area contributed by atoms with Gasteiger partial charge in [0.05, 0.1) is 0 Å². The van der Waals surface area contributed by atoms with E-state index in [1.54, 1.807) is 6.07 Å². The number of aromatic nitrogens is 4. The Morgan fingerprint density at radius 1 is 1.00 bits per heavy atom. The number of H-pyrrole nitrogens is 1. The van der Waals surface area contributed by atoms with E-state index in [1.165, 1.54) is 5.56 Å². The third kappa shape index (κ3) is 3.89. The zero-order valence-corrected chi connectivity index (χ0v) is 14.7.